The zero-order valence-electron chi connectivity index (χ0n) is 6.82. The van der Waals surface area contributed by atoms with Gasteiger partial charge in [-0.05, 0) is 12.8 Å². The number of hydrazine groups is 2. The lowest BCUT2D eigenvalue weighted by Crippen LogP contribution is -2.47. The van der Waals surface area contributed by atoms with Crippen LogP contribution >= 0.6 is 24.8 Å². The van der Waals surface area contributed by atoms with Crippen molar-refractivity contribution in [2.75, 3.05) is 20.1 Å². The molecule has 0 saturated carbocycles. The Balaban J connectivity index is 0. The Morgan fingerprint density at radius 3 is 1.82 bits per heavy atom. The third-order valence-electron chi connectivity index (χ3n) is 1.78. The van der Waals surface area contributed by atoms with Crippen LogP contribution in [0.15, 0.2) is 0 Å². The van der Waals surface area contributed by atoms with Crippen molar-refractivity contribution < 1.29 is 0 Å². The average molecular weight is 202 g/mol. The first-order valence-corrected chi connectivity index (χ1v) is 3.54. The summed E-state index contributed by atoms with van der Waals surface area (Å²) in [5, 5.41) is 3.86. The van der Waals surface area contributed by atoms with Crippen molar-refractivity contribution in [2.24, 2.45) is 5.84 Å². The molecule has 2 N–H and O–H groups in total. The summed E-state index contributed by atoms with van der Waals surface area (Å²) in [5.41, 5.74) is 0. The molecule has 1 fully saturated rings. The van der Waals surface area contributed by atoms with Gasteiger partial charge < -0.3 is 0 Å². The van der Waals surface area contributed by atoms with E-state index >= 15 is 0 Å². The van der Waals surface area contributed by atoms with Gasteiger partial charge in [-0.15, -0.1) is 24.8 Å². The molecule has 1 heterocycles. The minimum Gasteiger partial charge on any atom is -0.255 e. The number of hydrogen-bond acceptors (Lipinski definition) is 3. The molecule has 1 saturated heterocycles. The molecule has 1 rings (SSSR count). The van der Waals surface area contributed by atoms with Crippen LogP contribution in [-0.4, -0.2) is 30.3 Å². The summed E-state index contributed by atoms with van der Waals surface area (Å²) in [6.45, 7) is 2.26. The quantitative estimate of drug-likeness (QED) is 0.509. The van der Waals surface area contributed by atoms with Crippen LogP contribution in [0.1, 0.15) is 19.3 Å². The van der Waals surface area contributed by atoms with Crippen molar-refractivity contribution in [2.45, 2.75) is 19.3 Å². The third kappa shape index (κ3) is 4.82. The minimum absolute atomic E-state index is 0. The molecule has 5 heteroatoms. The van der Waals surface area contributed by atoms with Crippen molar-refractivity contribution in [3.8, 4) is 0 Å². The molecule has 11 heavy (non-hydrogen) atoms. The van der Waals surface area contributed by atoms with E-state index in [1.807, 2.05) is 7.05 Å². The second-order valence-corrected chi connectivity index (χ2v) is 2.59. The zero-order chi connectivity index (χ0) is 6.69. The first kappa shape index (κ1) is 14.0. The molecule has 0 aliphatic carbocycles. The van der Waals surface area contributed by atoms with Gasteiger partial charge in [-0.2, -0.15) is 5.12 Å². The Kier molecular flexibility index (Phi) is 9.08. The van der Waals surface area contributed by atoms with E-state index in [2.05, 4.69) is 5.01 Å². The fraction of sp³-hybridized carbons (Fsp3) is 1.00. The maximum absolute atomic E-state index is 5.53. The van der Waals surface area contributed by atoms with Crippen LogP contribution in [0.2, 0.25) is 0 Å². The molecule has 0 unspecified atom stereocenters. The van der Waals surface area contributed by atoms with E-state index in [1.165, 1.54) is 19.3 Å². The Bertz CT molecular complexity index is 83.9. The van der Waals surface area contributed by atoms with Gasteiger partial charge in [0.25, 0.3) is 0 Å². The average Bonchev–Trinajstić information content (AvgIpc) is 1.90. The number of hydrogen-bond donors (Lipinski definition) is 1. The molecular formula is C6H17Cl2N3. The molecule has 0 spiro atoms. The lowest BCUT2D eigenvalue weighted by Gasteiger charge is -2.31. The smallest absolute Gasteiger partial charge is 0.0174 e. The highest BCUT2D eigenvalue weighted by molar-refractivity contribution is 5.85. The van der Waals surface area contributed by atoms with Crippen LogP contribution < -0.4 is 5.84 Å². The fourth-order valence-electron chi connectivity index (χ4n) is 1.19. The van der Waals surface area contributed by atoms with E-state index in [1.54, 1.807) is 5.12 Å². The van der Waals surface area contributed by atoms with E-state index in [9.17, 15) is 0 Å². The van der Waals surface area contributed by atoms with E-state index in [0.717, 1.165) is 13.1 Å². The number of nitrogens with zero attached hydrogens (tertiary/aromatic N) is 2. The maximum Gasteiger partial charge on any atom is 0.0174 e. The van der Waals surface area contributed by atoms with Gasteiger partial charge in [-0.3, -0.25) is 5.84 Å². The Morgan fingerprint density at radius 2 is 1.55 bits per heavy atom. The normalized spacial score (nSPS) is 18.8. The van der Waals surface area contributed by atoms with Crippen LogP contribution in [0.5, 0.6) is 0 Å². The highest BCUT2D eigenvalue weighted by atomic mass is 35.5. The molecule has 1 aliphatic heterocycles. The van der Waals surface area contributed by atoms with Crippen LogP contribution in [0.25, 0.3) is 0 Å². The third-order valence-corrected chi connectivity index (χ3v) is 1.78. The molecule has 0 aromatic rings. The van der Waals surface area contributed by atoms with Crippen molar-refractivity contribution in [3.63, 3.8) is 0 Å². The molecule has 0 bridgehead atoms. The zero-order valence-corrected chi connectivity index (χ0v) is 8.46. The van der Waals surface area contributed by atoms with Gasteiger partial charge in [0, 0.05) is 20.1 Å². The molecule has 0 amide bonds. The van der Waals surface area contributed by atoms with E-state index in [-0.39, 0.29) is 24.8 Å². The summed E-state index contributed by atoms with van der Waals surface area (Å²) in [6.07, 6.45) is 3.95. The number of piperidine rings is 1. The molecule has 1 aliphatic rings. The second-order valence-electron chi connectivity index (χ2n) is 2.59. The topological polar surface area (TPSA) is 32.5 Å². The number of rotatable bonds is 1. The van der Waals surface area contributed by atoms with Gasteiger partial charge >= 0.3 is 0 Å². The summed E-state index contributed by atoms with van der Waals surface area (Å²) in [4.78, 5) is 0. The Hall–Kier alpha value is 0.460. The fourth-order valence-corrected chi connectivity index (χ4v) is 1.19. The predicted octanol–water partition coefficient (Wildman–Crippen LogP) is 1.04. The standard InChI is InChI=1S/C6H15N3.2ClH/c1-8(7)9-5-3-2-4-6-9;;/h2-7H2,1H3;2*1H. The van der Waals surface area contributed by atoms with E-state index < -0.39 is 0 Å². The van der Waals surface area contributed by atoms with Gasteiger partial charge in [0.05, 0.1) is 0 Å². The van der Waals surface area contributed by atoms with Gasteiger partial charge in [-0.1, -0.05) is 6.42 Å². The Labute approximate surface area is 80.7 Å². The highest BCUT2D eigenvalue weighted by Crippen LogP contribution is 2.07. The van der Waals surface area contributed by atoms with Crippen LogP contribution in [-0.2, 0) is 0 Å². The van der Waals surface area contributed by atoms with Gasteiger partial charge in [0.2, 0.25) is 0 Å². The summed E-state index contributed by atoms with van der Waals surface area (Å²) in [6, 6.07) is 0. The number of nitrogens with two attached hydrogens (primary N) is 1. The summed E-state index contributed by atoms with van der Waals surface area (Å²) in [7, 11) is 1.89. The van der Waals surface area contributed by atoms with Crippen molar-refractivity contribution in [1.82, 2.24) is 10.1 Å². The summed E-state index contributed by atoms with van der Waals surface area (Å²) >= 11 is 0. The molecule has 0 aromatic heterocycles. The van der Waals surface area contributed by atoms with Crippen LogP contribution in [0.4, 0.5) is 0 Å². The molecule has 0 aromatic carbocycles. The minimum atomic E-state index is 0. The van der Waals surface area contributed by atoms with E-state index in [4.69, 9.17) is 5.84 Å². The summed E-state index contributed by atoms with van der Waals surface area (Å²) < 4.78 is 0. The molecule has 70 valence electrons. The van der Waals surface area contributed by atoms with Crippen molar-refractivity contribution in [1.29, 1.82) is 0 Å². The van der Waals surface area contributed by atoms with Gasteiger partial charge in [0.1, 0.15) is 0 Å². The van der Waals surface area contributed by atoms with Crippen LogP contribution in [0.3, 0.4) is 0 Å². The molecule has 3 nitrogen and oxygen atoms in total. The Morgan fingerprint density at radius 1 is 1.09 bits per heavy atom. The first-order chi connectivity index (χ1) is 4.30. The maximum atomic E-state index is 5.53. The van der Waals surface area contributed by atoms with E-state index in [0.29, 0.717) is 0 Å². The van der Waals surface area contributed by atoms with Crippen molar-refractivity contribution in [3.05, 3.63) is 0 Å². The largest absolute Gasteiger partial charge is 0.255 e. The number of halogens is 2. The highest BCUT2D eigenvalue weighted by Gasteiger charge is 2.10. The summed E-state index contributed by atoms with van der Waals surface area (Å²) in [5.74, 6) is 5.53. The molecule has 0 radical (unpaired) electrons. The van der Waals surface area contributed by atoms with Crippen LogP contribution in [0, 0.1) is 0 Å². The molecule has 0 atom stereocenters. The van der Waals surface area contributed by atoms with Gasteiger partial charge in [0.15, 0.2) is 0 Å². The molecular weight excluding hydrogens is 185 g/mol. The van der Waals surface area contributed by atoms with Crippen molar-refractivity contribution >= 4 is 24.8 Å². The van der Waals surface area contributed by atoms with Gasteiger partial charge in [-0.25, -0.2) is 5.01 Å². The lowest BCUT2D eigenvalue weighted by molar-refractivity contribution is -0.0172. The monoisotopic (exact) mass is 201 g/mol. The second kappa shape index (κ2) is 7.13. The lowest BCUT2D eigenvalue weighted by atomic mass is 10.2. The SMILES string of the molecule is CN(N)N1CCCCC1.Cl.Cl. The first-order valence-electron chi connectivity index (χ1n) is 3.54. The predicted molar refractivity (Wildman–Crippen MR) is 51.9 cm³/mol.